The van der Waals surface area contributed by atoms with Crippen molar-refractivity contribution in [3.8, 4) is 0 Å². The highest BCUT2D eigenvalue weighted by Gasteiger charge is 2.47. The van der Waals surface area contributed by atoms with Crippen LogP contribution in [0.15, 0.2) is 23.0 Å². The number of fused-ring (bicyclic) bond motifs is 1. The van der Waals surface area contributed by atoms with Gasteiger partial charge < -0.3 is 15.2 Å². The first-order chi connectivity index (χ1) is 13.4. The number of halogens is 2. The van der Waals surface area contributed by atoms with Gasteiger partial charge in [0.25, 0.3) is 5.56 Å². The number of nitrogens with one attached hydrogen (secondary N) is 1. The van der Waals surface area contributed by atoms with Crippen LogP contribution in [0, 0.1) is 0 Å². The number of aliphatic hydroxyl groups is 1. The zero-order valence-corrected chi connectivity index (χ0v) is 17.6. The van der Waals surface area contributed by atoms with E-state index in [0.717, 1.165) is 0 Å². The SMILES string of the molecule is C[C@H](OC(=O)NC(C)(C)C)c1nc2cccc(Cl)c2c(=O)n1C1CC(F)(CO)C1. The standard InChI is InChI=1S/C20H25ClFN3O4/c1-11(29-18(28)24-19(2,3)4)16-23-14-7-5-6-13(21)15(14)17(27)25(16)12-8-20(22,9-12)10-26/h5-7,11-12,26H,8-10H2,1-4H3,(H,24,28)/t11-,12?,20?/m0/s1. The van der Waals surface area contributed by atoms with Gasteiger partial charge in [-0.1, -0.05) is 17.7 Å². The number of benzene rings is 1. The number of rotatable bonds is 4. The molecule has 1 fully saturated rings. The number of carbonyl (C=O) groups is 1. The number of aromatic nitrogens is 2. The Bertz CT molecular complexity index is 996. The molecule has 0 unspecified atom stereocenters. The van der Waals surface area contributed by atoms with Crippen molar-refractivity contribution in [2.45, 2.75) is 63.9 Å². The highest BCUT2D eigenvalue weighted by atomic mass is 35.5. The quantitative estimate of drug-likeness (QED) is 0.779. The topological polar surface area (TPSA) is 93.5 Å². The molecule has 1 aromatic heterocycles. The highest BCUT2D eigenvalue weighted by molar-refractivity contribution is 6.35. The Labute approximate surface area is 172 Å². The second kappa shape index (κ2) is 7.57. The molecule has 1 saturated carbocycles. The molecule has 29 heavy (non-hydrogen) atoms. The molecule has 7 nitrogen and oxygen atoms in total. The number of amides is 1. The van der Waals surface area contributed by atoms with Crippen LogP contribution in [0.5, 0.6) is 0 Å². The number of alkyl carbamates (subject to hydrolysis) is 1. The second-order valence-corrected chi connectivity index (χ2v) is 8.98. The molecule has 0 radical (unpaired) electrons. The third-order valence-corrected chi connectivity index (χ3v) is 5.20. The van der Waals surface area contributed by atoms with E-state index in [9.17, 15) is 19.1 Å². The fourth-order valence-electron chi connectivity index (χ4n) is 3.50. The summed E-state index contributed by atoms with van der Waals surface area (Å²) >= 11 is 6.21. The van der Waals surface area contributed by atoms with Gasteiger partial charge in [0.1, 0.15) is 5.67 Å². The lowest BCUT2D eigenvalue weighted by atomic mass is 9.77. The van der Waals surface area contributed by atoms with Crippen molar-refractivity contribution in [2.24, 2.45) is 0 Å². The summed E-state index contributed by atoms with van der Waals surface area (Å²) < 4.78 is 21.1. The Morgan fingerprint density at radius 2 is 2.14 bits per heavy atom. The second-order valence-electron chi connectivity index (χ2n) is 8.57. The first kappa shape index (κ1) is 21.5. The summed E-state index contributed by atoms with van der Waals surface area (Å²) in [5, 5.41) is 12.4. The summed E-state index contributed by atoms with van der Waals surface area (Å²) in [6.07, 6.45) is -1.58. The molecule has 1 aliphatic carbocycles. The van der Waals surface area contributed by atoms with E-state index in [2.05, 4.69) is 10.3 Å². The van der Waals surface area contributed by atoms with Crippen LogP contribution in [0.2, 0.25) is 5.02 Å². The van der Waals surface area contributed by atoms with E-state index < -0.39 is 41.6 Å². The summed E-state index contributed by atoms with van der Waals surface area (Å²) in [4.78, 5) is 29.9. The normalized spacial score (nSPS) is 22.8. The predicted molar refractivity (Wildman–Crippen MR) is 108 cm³/mol. The van der Waals surface area contributed by atoms with Gasteiger partial charge in [-0.2, -0.15) is 0 Å². The summed E-state index contributed by atoms with van der Waals surface area (Å²) in [5.74, 6) is 0.207. The van der Waals surface area contributed by atoms with Gasteiger partial charge >= 0.3 is 6.09 Å². The van der Waals surface area contributed by atoms with Crippen molar-refractivity contribution < 1.29 is 19.0 Å². The molecular formula is C20H25ClFN3O4. The zero-order valence-electron chi connectivity index (χ0n) is 16.8. The minimum absolute atomic E-state index is 0.0328. The molecule has 0 aliphatic heterocycles. The monoisotopic (exact) mass is 425 g/mol. The Hall–Kier alpha value is -2.19. The van der Waals surface area contributed by atoms with E-state index >= 15 is 0 Å². The summed E-state index contributed by atoms with van der Waals surface area (Å²) in [6, 6.07) is 4.39. The third kappa shape index (κ3) is 4.38. The van der Waals surface area contributed by atoms with Crippen molar-refractivity contribution in [1.29, 1.82) is 0 Å². The Morgan fingerprint density at radius 3 is 2.72 bits per heavy atom. The van der Waals surface area contributed by atoms with Crippen LogP contribution in [0.4, 0.5) is 9.18 Å². The van der Waals surface area contributed by atoms with Gasteiger partial charge in [-0.3, -0.25) is 9.36 Å². The van der Waals surface area contributed by atoms with Crippen molar-refractivity contribution >= 4 is 28.6 Å². The maximum absolute atomic E-state index is 14.3. The molecule has 9 heteroatoms. The summed E-state index contributed by atoms with van der Waals surface area (Å²) in [6.45, 7) is 6.43. The maximum Gasteiger partial charge on any atom is 0.408 e. The molecular weight excluding hydrogens is 401 g/mol. The molecule has 1 aromatic carbocycles. The van der Waals surface area contributed by atoms with E-state index in [-0.39, 0.29) is 29.1 Å². The van der Waals surface area contributed by atoms with E-state index in [1.807, 2.05) is 20.8 Å². The van der Waals surface area contributed by atoms with Gasteiger partial charge in [0.05, 0.1) is 22.5 Å². The van der Waals surface area contributed by atoms with Crippen LogP contribution < -0.4 is 10.9 Å². The maximum atomic E-state index is 14.3. The van der Waals surface area contributed by atoms with Crippen LogP contribution in [0.1, 0.15) is 58.5 Å². The van der Waals surface area contributed by atoms with Gasteiger partial charge in [0, 0.05) is 24.4 Å². The molecule has 158 valence electrons. The lowest BCUT2D eigenvalue weighted by Gasteiger charge is -2.42. The lowest BCUT2D eigenvalue weighted by Crippen LogP contribution is -2.48. The number of alkyl halides is 1. The molecule has 2 N–H and O–H groups in total. The minimum Gasteiger partial charge on any atom is -0.438 e. The van der Waals surface area contributed by atoms with E-state index in [4.69, 9.17) is 16.3 Å². The van der Waals surface area contributed by atoms with Gasteiger partial charge in [-0.25, -0.2) is 14.2 Å². The van der Waals surface area contributed by atoms with Crippen molar-refractivity contribution in [3.05, 3.63) is 39.4 Å². The molecule has 3 rings (SSSR count). The molecule has 1 heterocycles. The Morgan fingerprint density at radius 1 is 1.48 bits per heavy atom. The van der Waals surface area contributed by atoms with Crippen molar-refractivity contribution in [1.82, 2.24) is 14.9 Å². The van der Waals surface area contributed by atoms with E-state index in [1.165, 1.54) is 4.57 Å². The van der Waals surface area contributed by atoms with Crippen molar-refractivity contribution in [2.75, 3.05) is 6.61 Å². The first-order valence-corrected chi connectivity index (χ1v) is 9.81. The van der Waals surface area contributed by atoms with Crippen molar-refractivity contribution in [3.63, 3.8) is 0 Å². The molecule has 1 amide bonds. The number of carbonyl (C=O) groups excluding carboxylic acids is 1. The average molecular weight is 426 g/mol. The smallest absolute Gasteiger partial charge is 0.408 e. The molecule has 0 spiro atoms. The highest BCUT2D eigenvalue weighted by Crippen LogP contribution is 2.44. The van der Waals surface area contributed by atoms with Crippen LogP contribution in [0.25, 0.3) is 10.9 Å². The molecule has 1 aliphatic rings. The van der Waals surface area contributed by atoms with E-state index in [0.29, 0.717) is 5.52 Å². The molecule has 2 aromatic rings. The number of hydrogen-bond acceptors (Lipinski definition) is 5. The van der Waals surface area contributed by atoms with Crippen LogP contribution in [-0.2, 0) is 4.74 Å². The fraction of sp³-hybridized carbons (Fsp3) is 0.550. The number of aliphatic hydroxyl groups excluding tert-OH is 1. The van der Waals surface area contributed by atoms with Crippen LogP contribution in [0.3, 0.4) is 0 Å². The molecule has 0 bridgehead atoms. The Kier molecular flexibility index (Phi) is 5.62. The minimum atomic E-state index is -1.73. The first-order valence-electron chi connectivity index (χ1n) is 9.43. The van der Waals surface area contributed by atoms with Gasteiger partial charge in [-0.15, -0.1) is 0 Å². The summed E-state index contributed by atoms with van der Waals surface area (Å²) in [5.41, 5.74) is -2.28. The average Bonchev–Trinajstić information content (AvgIpc) is 2.57. The lowest BCUT2D eigenvalue weighted by molar-refractivity contribution is -0.0371. The largest absolute Gasteiger partial charge is 0.438 e. The van der Waals surface area contributed by atoms with Crippen LogP contribution >= 0.6 is 11.6 Å². The molecule has 1 atom stereocenters. The summed E-state index contributed by atoms with van der Waals surface area (Å²) in [7, 11) is 0. The molecule has 0 saturated heterocycles. The number of nitrogens with zero attached hydrogens (tertiary/aromatic N) is 2. The van der Waals surface area contributed by atoms with E-state index in [1.54, 1.807) is 25.1 Å². The Balaban J connectivity index is 2.04. The predicted octanol–water partition coefficient (Wildman–Crippen LogP) is 3.67. The number of ether oxygens (including phenoxy) is 1. The zero-order chi connectivity index (χ0) is 21.6. The number of hydrogen-bond donors (Lipinski definition) is 2. The van der Waals surface area contributed by atoms with Gasteiger partial charge in [-0.05, 0) is 39.8 Å². The third-order valence-electron chi connectivity index (χ3n) is 4.88. The van der Waals surface area contributed by atoms with Crippen LogP contribution in [-0.4, -0.2) is 38.6 Å². The van der Waals surface area contributed by atoms with Gasteiger partial charge in [0.2, 0.25) is 0 Å². The van der Waals surface area contributed by atoms with Gasteiger partial charge in [0.15, 0.2) is 11.9 Å². The fourth-order valence-corrected chi connectivity index (χ4v) is 3.75.